The van der Waals surface area contributed by atoms with Crippen LogP contribution in [0.25, 0.3) is 0 Å². The first-order valence-corrected chi connectivity index (χ1v) is 5.13. The first-order chi connectivity index (χ1) is 7.89. The second-order valence-electron chi connectivity index (χ2n) is 3.15. The van der Waals surface area contributed by atoms with E-state index in [-0.39, 0.29) is 23.3 Å². The molecule has 17 heavy (non-hydrogen) atoms. The number of hydrogen-bond acceptors (Lipinski definition) is 4. The fraction of sp³-hybridized carbons (Fsp3) is 0.556. The van der Waals surface area contributed by atoms with Crippen molar-refractivity contribution in [3.8, 4) is 5.75 Å². The van der Waals surface area contributed by atoms with Crippen molar-refractivity contribution in [2.45, 2.75) is 13.1 Å². The number of nitrogens with zero attached hydrogens (tertiary/aromatic N) is 3. The van der Waals surface area contributed by atoms with Gasteiger partial charge in [-0.15, -0.1) is 0 Å². The Bertz CT molecular complexity index is 386. The normalized spacial score (nSPS) is 11.4. The van der Waals surface area contributed by atoms with E-state index in [1.54, 1.807) is 6.92 Å². The van der Waals surface area contributed by atoms with Gasteiger partial charge in [-0.2, -0.15) is 13.2 Å². The minimum absolute atomic E-state index is 0.0156. The summed E-state index contributed by atoms with van der Waals surface area (Å²) in [5, 5.41) is -0.0156. The van der Waals surface area contributed by atoms with Crippen LogP contribution < -0.4 is 9.64 Å². The van der Waals surface area contributed by atoms with E-state index in [1.165, 1.54) is 7.11 Å². The Hall–Kier alpha value is -1.24. The molecule has 0 radical (unpaired) electrons. The smallest absolute Gasteiger partial charge is 0.405 e. The van der Waals surface area contributed by atoms with Gasteiger partial charge in [0, 0.05) is 6.54 Å². The fourth-order valence-electron chi connectivity index (χ4n) is 1.30. The van der Waals surface area contributed by atoms with Crippen LogP contribution in [0.15, 0.2) is 6.33 Å². The lowest BCUT2D eigenvalue weighted by molar-refractivity contribution is -0.119. The predicted octanol–water partition coefficient (Wildman–Crippen LogP) is 2.53. The van der Waals surface area contributed by atoms with Crippen LogP contribution in [0.4, 0.5) is 19.0 Å². The minimum atomic E-state index is -4.32. The molecule has 1 aromatic rings. The van der Waals surface area contributed by atoms with Crippen molar-refractivity contribution in [1.29, 1.82) is 0 Å². The zero-order valence-corrected chi connectivity index (χ0v) is 10.0. The van der Waals surface area contributed by atoms with Crippen molar-refractivity contribution in [3.05, 3.63) is 11.5 Å². The summed E-state index contributed by atoms with van der Waals surface area (Å²) in [7, 11) is 1.30. The highest BCUT2D eigenvalue weighted by Crippen LogP contribution is 2.32. The first kappa shape index (κ1) is 13.8. The van der Waals surface area contributed by atoms with E-state index >= 15 is 0 Å². The second kappa shape index (κ2) is 5.39. The molecule has 0 N–H and O–H groups in total. The molecule has 0 unspecified atom stereocenters. The van der Waals surface area contributed by atoms with Gasteiger partial charge in [-0.3, -0.25) is 0 Å². The molecule has 0 aromatic carbocycles. The van der Waals surface area contributed by atoms with Gasteiger partial charge in [0.25, 0.3) is 0 Å². The van der Waals surface area contributed by atoms with Crippen molar-refractivity contribution < 1.29 is 17.9 Å². The number of ether oxygens (including phenoxy) is 1. The molecule has 1 heterocycles. The SMILES string of the molecule is CCN(CC(F)(F)F)c1ncnc(Cl)c1OC. The van der Waals surface area contributed by atoms with Crippen LogP contribution in [0.5, 0.6) is 5.75 Å². The summed E-state index contributed by atoms with van der Waals surface area (Å²) >= 11 is 5.72. The van der Waals surface area contributed by atoms with Crippen LogP contribution in [0.3, 0.4) is 0 Å². The average Bonchev–Trinajstić information content (AvgIpc) is 2.24. The number of alkyl halides is 3. The maximum absolute atomic E-state index is 12.4. The zero-order chi connectivity index (χ0) is 13.1. The summed E-state index contributed by atoms with van der Waals surface area (Å²) in [6, 6.07) is 0. The van der Waals surface area contributed by atoms with Gasteiger partial charge in [0.05, 0.1) is 7.11 Å². The van der Waals surface area contributed by atoms with Gasteiger partial charge in [0.15, 0.2) is 16.7 Å². The summed E-state index contributed by atoms with van der Waals surface area (Å²) in [6.07, 6.45) is -3.22. The molecule has 0 saturated heterocycles. The number of halogens is 4. The molecular formula is C9H11ClF3N3O. The molecule has 0 bridgehead atoms. The maximum atomic E-state index is 12.4. The molecule has 0 aliphatic carbocycles. The highest BCUT2D eigenvalue weighted by atomic mass is 35.5. The molecule has 0 fully saturated rings. The molecule has 1 rings (SSSR count). The molecule has 1 aromatic heterocycles. The molecule has 0 aliphatic rings. The molecule has 0 spiro atoms. The quantitative estimate of drug-likeness (QED) is 0.788. The number of rotatable bonds is 4. The summed E-state index contributed by atoms with van der Waals surface area (Å²) in [5.74, 6) is 0.0765. The molecule has 0 atom stereocenters. The average molecular weight is 270 g/mol. The van der Waals surface area contributed by atoms with Crippen LogP contribution >= 0.6 is 11.6 Å². The monoisotopic (exact) mass is 269 g/mol. The van der Waals surface area contributed by atoms with Gasteiger partial charge in [-0.05, 0) is 6.92 Å². The number of aromatic nitrogens is 2. The Morgan fingerprint density at radius 1 is 1.41 bits per heavy atom. The van der Waals surface area contributed by atoms with E-state index in [4.69, 9.17) is 16.3 Å². The Kier molecular flexibility index (Phi) is 4.39. The van der Waals surface area contributed by atoms with E-state index in [9.17, 15) is 13.2 Å². The number of methoxy groups -OCH3 is 1. The van der Waals surface area contributed by atoms with Crippen LogP contribution in [-0.4, -0.2) is 36.3 Å². The van der Waals surface area contributed by atoms with Crippen molar-refractivity contribution in [2.24, 2.45) is 0 Å². The van der Waals surface area contributed by atoms with Crippen LogP contribution in [-0.2, 0) is 0 Å². The summed E-state index contributed by atoms with van der Waals surface area (Å²) in [5.41, 5.74) is 0. The number of hydrogen-bond donors (Lipinski definition) is 0. The Morgan fingerprint density at radius 2 is 2.06 bits per heavy atom. The standard InChI is InChI=1S/C9H11ClF3N3O/c1-3-16(4-9(11,12)13)8-6(17-2)7(10)14-5-15-8/h5H,3-4H2,1-2H3. The van der Waals surface area contributed by atoms with Gasteiger partial charge in [-0.1, -0.05) is 11.6 Å². The Labute approximate surface area is 101 Å². The summed E-state index contributed by atoms with van der Waals surface area (Å²) in [6.45, 7) is 0.595. The van der Waals surface area contributed by atoms with E-state index in [0.29, 0.717) is 0 Å². The summed E-state index contributed by atoms with van der Waals surface area (Å²) in [4.78, 5) is 8.44. The topological polar surface area (TPSA) is 38.2 Å². The molecular weight excluding hydrogens is 259 g/mol. The lowest BCUT2D eigenvalue weighted by Crippen LogP contribution is -2.35. The van der Waals surface area contributed by atoms with Gasteiger partial charge in [-0.25, -0.2) is 9.97 Å². The molecule has 0 amide bonds. The van der Waals surface area contributed by atoms with Gasteiger partial charge < -0.3 is 9.64 Å². The molecule has 0 aliphatic heterocycles. The lowest BCUT2D eigenvalue weighted by Gasteiger charge is -2.24. The Balaban J connectivity index is 3.07. The van der Waals surface area contributed by atoms with Crippen molar-refractivity contribution in [2.75, 3.05) is 25.1 Å². The van der Waals surface area contributed by atoms with Crippen LogP contribution in [0, 0.1) is 0 Å². The fourth-order valence-corrected chi connectivity index (χ4v) is 1.50. The van der Waals surface area contributed by atoms with Crippen molar-refractivity contribution in [1.82, 2.24) is 9.97 Å². The largest absolute Gasteiger partial charge is 0.490 e. The number of anilines is 1. The molecule has 0 saturated carbocycles. The third-order valence-corrected chi connectivity index (χ3v) is 2.27. The Morgan fingerprint density at radius 3 is 2.53 bits per heavy atom. The predicted molar refractivity (Wildman–Crippen MR) is 57.5 cm³/mol. The molecule has 8 heteroatoms. The lowest BCUT2D eigenvalue weighted by atomic mass is 10.4. The van der Waals surface area contributed by atoms with Gasteiger partial charge >= 0.3 is 6.18 Å². The summed E-state index contributed by atoms with van der Waals surface area (Å²) < 4.78 is 42.0. The van der Waals surface area contributed by atoms with Crippen LogP contribution in [0.1, 0.15) is 6.92 Å². The zero-order valence-electron chi connectivity index (χ0n) is 9.25. The maximum Gasteiger partial charge on any atom is 0.405 e. The van der Waals surface area contributed by atoms with E-state index < -0.39 is 12.7 Å². The second-order valence-corrected chi connectivity index (χ2v) is 3.51. The third kappa shape index (κ3) is 3.62. The van der Waals surface area contributed by atoms with E-state index in [1.807, 2.05) is 0 Å². The van der Waals surface area contributed by atoms with Crippen molar-refractivity contribution in [3.63, 3.8) is 0 Å². The van der Waals surface area contributed by atoms with E-state index in [0.717, 1.165) is 11.2 Å². The van der Waals surface area contributed by atoms with Gasteiger partial charge in [0.1, 0.15) is 12.9 Å². The van der Waals surface area contributed by atoms with Crippen LogP contribution in [0.2, 0.25) is 5.15 Å². The van der Waals surface area contributed by atoms with Crippen molar-refractivity contribution >= 4 is 17.4 Å². The minimum Gasteiger partial charge on any atom is -0.490 e. The third-order valence-electron chi connectivity index (χ3n) is 2.00. The van der Waals surface area contributed by atoms with E-state index in [2.05, 4.69) is 9.97 Å². The highest BCUT2D eigenvalue weighted by molar-refractivity contribution is 6.31. The molecule has 96 valence electrons. The van der Waals surface area contributed by atoms with Gasteiger partial charge in [0.2, 0.25) is 0 Å². The first-order valence-electron chi connectivity index (χ1n) is 4.75. The molecule has 4 nitrogen and oxygen atoms in total. The highest BCUT2D eigenvalue weighted by Gasteiger charge is 2.32.